The third-order valence-electron chi connectivity index (χ3n) is 2.39. The average Bonchev–Trinajstić information content (AvgIpc) is 2.90. The van der Waals surface area contributed by atoms with E-state index in [1.54, 1.807) is 0 Å². The zero-order valence-electron chi connectivity index (χ0n) is 9.61. The van der Waals surface area contributed by atoms with Crippen molar-refractivity contribution < 1.29 is 31.4 Å². The molecule has 0 aliphatic rings. The van der Waals surface area contributed by atoms with E-state index in [1.165, 1.54) is 0 Å². The molecule has 0 saturated heterocycles. The van der Waals surface area contributed by atoms with Gasteiger partial charge in [-0.2, -0.15) is 35.4 Å². The van der Waals surface area contributed by atoms with Gasteiger partial charge in [-0.05, 0) is 0 Å². The largest absolute Gasteiger partial charge is 2.00 e. The van der Waals surface area contributed by atoms with Crippen LogP contribution in [0.5, 0.6) is 0 Å². The maximum atomic E-state index is 11.4. The molecular weight excluding hydrogens is 272 g/mol. The fraction of sp³-hybridized carbons (Fsp3) is 0.143. The van der Waals surface area contributed by atoms with E-state index in [4.69, 9.17) is 4.74 Å². The van der Waals surface area contributed by atoms with Crippen LogP contribution < -0.4 is 0 Å². The van der Waals surface area contributed by atoms with Gasteiger partial charge in [-0.25, -0.2) is 24.3 Å². The molecule has 0 radical (unpaired) electrons. The van der Waals surface area contributed by atoms with E-state index in [9.17, 15) is 9.59 Å². The zero-order valence-corrected chi connectivity index (χ0v) is 10.7. The molecule has 2 aromatic carbocycles. The van der Waals surface area contributed by atoms with Crippen molar-refractivity contribution in [2.24, 2.45) is 0 Å². The second kappa shape index (κ2) is 6.94. The molecule has 3 nitrogen and oxygen atoms in total. The Kier molecular flexibility index (Phi) is 5.56. The molecule has 0 bridgehead atoms. The van der Waals surface area contributed by atoms with E-state index in [0.717, 1.165) is 11.1 Å². The van der Waals surface area contributed by atoms with Crippen LogP contribution in [0.4, 0.5) is 0 Å². The van der Waals surface area contributed by atoms with Crippen molar-refractivity contribution in [2.75, 3.05) is 0 Å². The summed E-state index contributed by atoms with van der Waals surface area (Å²) in [6.45, 7) is 0. The molecule has 0 fully saturated rings. The summed E-state index contributed by atoms with van der Waals surface area (Å²) in [5, 5.41) is 0. The molecule has 0 aliphatic carbocycles. The smallest absolute Gasteiger partial charge is 0.393 e. The number of carbonyl (C=O) groups is 2. The van der Waals surface area contributed by atoms with E-state index in [-0.39, 0.29) is 29.9 Å². The van der Waals surface area contributed by atoms with Crippen LogP contribution in [-0.2, 0) is 44.2 Å². The molecule has 0 saturated carbocycles. The summed E-state index contributed by atoms with van der Waals surface area (Å²) in [5.41, 5.74) is 1.72. The van der Waals surface area contributed by atoms with Crippen molar-refractivity contribution in [2.45, 2.75) is 12.8 Å². The van der Waals surface area contributed by atoms with Gasteiger partial charge in [-0.1, -0.05) is 0 Å². The Labute approximate surface area is 116 Å². The minimum atomic E-state index is -0.507. The standard InChI is InChI=1S/C14H12O3.Fe/c15-13(9-11-5-1-2-6-11)17-14(16)10-12-7-3-4-8-12;/h1-8H,9-10H2;/q-2;+2. The van der Waals surface area contributed by atoms with Crippen LogP contribution >= 0.6 is 0 Å². The molecule has 0 spiro atoms. The minimum absolute atomic E-state index is 0. The van der Waals surface area contributed by atoms with Crippen molar-refractivity contribution in [1.82, 2.24) is 0 Å². The molecule has 0 aliphatic heterocycles. The van der Waals surface area contributed by atoms with Crippen LogP contribution in [0.2, 0.25) is 0 Å². The maximum absolute atomic E-state index is 11.4. The third kappa shape index (κ3) is 4.32. The molecule has 94 valence electrons. The summed E-state index contributed by atoms with van der Waals surface area (Å²) in [6, 6.07) is 14.7. The second-order valence-electron chi connectivity index (χ2n) is 3.79. The van der Waals surface area contributed by atoms with Crippen molar-refractivity contribution in [3.8, 4) is 0 Å². The molecule has 0 amide bonds. The van der Waals surface area contributed by atoms with E-state index in [0.29, 0.717) is 0 Å². The summed E-state index contributed by atoms with van der Waals surface area (Å²) in [4.78, 5) is 22.8. The Morgan fingerprint density at radius 2 is 1.39 bits per heavy atom. The summed E-state index contributed by atoms with van der Waals surface area (Å²) >= 11 is 0. The quantitative estimate of drug-likeness (QED) is 0.373. The summed E-state index contributed by atoms with van der Waals surface area (Å²) in [7, 11) is 0. The molecule has 0 aromatic heterocycles. The summed E-state index contributed by atoms with van der Waals surface area (Å²) < 4.78 is 4.72. The van der Waals surface area contributed by atoms with Crippen LogP contribution in [0.15, 0.2) is 48.5 Å². The van der Waals surface area contributed by atoms with Crippen LogP contribution in [0.1, 0.15) is 11.1 Å². The van der Waals surface area contributed by atoms with E-state index >= 15 is 0 Å². The Morgan fingerprint density at radius 1 is 0.944 bits per heavy atom. The van der Waals surface area contributed by atoms with E-state index < -0.39 is 11.9 Å². The minimum Gasteiger partial charge on any atom is -0.393 e. The third-order valence-corrected chi connectivity index (χ3v) is 2.39. The second-order valence-corrected chi connectivity index (χ2v) is 3.79. The van der Waals surface area contributed by atoms with Crippen LogP contribution in [0.3, 0.4) is 0 Å². The van der Waals surface area contributed by atoms with Crippen LogP contribution in [0.25, 0.3) is 0 Å². The molecule has 0 N–H and O–H groups in total. The van der Waals surface area contributed by atoms with Gasteiger partial charge >= 0.3 is 29.0 Å². The van der Waals surface area contributed by atoms with Crippen LogP contribution in [-0.4, -0.2) is 11.9 Å². The molecule has 0 heterocycles. The van der Waals surface area contributed by atoms with Gasteiger partial charge in [0.1, 0.15) is 0 Å². The fourth-order valence-electron chi connectivity index (χ4n) is 1.60. The molecule has 2 aromatic rings. The first kappa shape index (κ1) is 14.4. The Hall–Kier alpha value is -1.64. The van der Waals surface area contributed by atoms with Gasteiger partial charge in [0.15, 0.2) is 0 Å². The first-order valence-corrected chi connectivity index (χ1v) is 5.39. The molecule has 0 atom stereocenters. The van der Waals surface area contributed by atoms with Gasteiger partial charge in [0.05, 0.1) is 0 Å². The molecular formula is C14H12FeO3. The number of hydrogen-bond donors (Lipinski definition) is 0. The van der Waals surface area contributed by atoms with Gasteiger partial charge < -0.3 is 4.74 Å². The van der Waals surface area contributed by atoms with Gasteiger partial charge in [-0.3, -0.25) is 9.59 Å². The Morgan fingerprint density at radius 3 is 1.72 bits per heavy atom. The zero-order chi connectivity index (χ0) is 12.1. The van der Waals surface area contributed by atoms with Crippen molar-refractivity contribution in [1.29, 1.82) is 0 Å². The topological polar surface area (TPSA) is 43.4 Å². The summed E-state index contributed by atoms with van der Waals surface area (Å²) in [6.07, 6.45) is 0.277. The number of hydrogen-bond acceptors (Lipinski definition) is 3. The number of carbonyl (C=O) groups excluding carboxylic acids is 2. The van der Waals surface area contributed by atoms with Gasteiger partial charge in [0.25, 0.3) is 0 Å². The molecule has 4 heteroatoms. The van der Waals surface area contributed by atoms with Crippen molar-refractivity contribution in [3.05, 3.63) is 59.7 Å². The van der Waals surface area contributed by atoms with Gasteiger partial charge in [0, 0.05) is 12.8 Å². The number of rotatable bonds is 4. The average molecular weight is 284 g/mol. The SMILES string of the molecule is O=C(Cc1ccc[cH-]1)OC(=O)Cc1ccc[cH-]1.[Fe+2]. The predicted molar refractivity (Wildman–Crippen MR) is 62.6 cm³/mol. The van der Waals surface area contributed by atoms with Crippen LogP contribution in [0, 0.1) is 0 Å². The fourth-order valence-corrected chi connectivity index (χ4v) is 1.60. The normalized spacial score (nSPS) is 9.56. The van der Waals surface area contributed by atoms with Gasteiger partial charge in [-0.15, -0.1) is 0 Å². The van der Waals surface area contributed by atoms with Crippen molar-refractivity contribution in [3.63, 3.8) is 0 Å². The first-order valence-electron chi connectivity index (χ1n) is 5.39. The first-order chi connectivity index (χ1) is 8.24. The summed E-state index contributed by atoms with van der Waals surface area (Å²) in [5.74, 6) is -1.01. The maximum Gasteiger partial charge on any atom is 2.00 e. The van der Waals surface area contributed by atoms with Crippen molar-refractivity contribution >= 4 is 11.9 Å². The molecule has 0 unspecified atom stereocenters. The Balaban J connectivity index is 0.00000162. The van der Waals surface area contributed by atoms with Gasteiger partial charge in [0.2, 0.25) is 0 Å². The molecule has 18 heavy (non-hydrogen) atoms. The number of esters is 2. The Bertz CT molecular complexity index is 437. The molecule has 2 rings (SSSR count). The van der Waals surface area contributed by atoms with E-state index in [1.807, 2.05) is 48.5 Å². The predicted octanol–water partition coefficient (Wildman–Crippen LogP) is 1.98. The number of ether oxygens (including phenoxy) is 1. The van der Waals surface area contributed by atoms with E-state index in [2.05, 4.69) is 0 Å². The monoisotopic (exact) mass is 284 g/mol.